The van der Waals surface area contributed by atoms with E-state index < -0.39 is 4.92 Å². The summed E-state index contributed by atoms with van der Waals surface area (Å²) >= 11 is 0. The molecule has 0 aliphatic rings. The van der Waals surface area contributed by atoms with Crippen molar-refractivity contribution >= 4 is 17.6 Å². The van der Waals surface area contributed by atoms with Gasteiger partial charge >= 0.3 is 5.82 Å². The first kappa shape index (κ1) is 18.9. The summed E-state index contributed by atoms with van der Waals surface area (Å²) in [7, 11) is 0. The zero-order valence-corrected chi connectivity index (χ0v) is 15.1. The molecule has 9 heteroatoms. The molecular formula is C19H18N6O3. The van der Waals surface area contributed by atoms with Crippen LogP contribution in [0.3, 0.4) is 0 Å². The topological polar surface area (TPSA) is 131 Å². The van der Waals surface area contributed by atoms with E-state index in [1.165, 1.54) is 12.4 Å². The third-order valence-electron chi connectivity index (χ3n) is 3.74. The summed E-state index contributed by atoms with van der Waals surface area (Å²) in [4.78, 5) is 25.7. The molecule has 3 aromatic rings. The summed E-state index contributed by atoms with van der Waals surface area (Å²) < 4.78 is 5.47. The number of hydrogen-bond acceptors (Lipinski definition) is 7. The van der Waals surface area contributed by atoms with Crippen LogP contribution < -0.4 is 4.74 Å². The molecule has 0 aromatic carbocycles. The van der Waals surface area contributed by atoms with Gasteiger partial charge in [0, 0.05) is 0 Å². The highest BCUT2D eigenvalue weighted by atomic mass is 16.6. The number of aromatic nitrogens is 4. The van der Waals surface area contributed by atoms with Crippen LogP contribution in [0.1, 0.15) is 24.9 Å². The minimum absolute atomic E-state index is 0.201. The largest absolute Gasteiger partial charge is 0.492 e. The smallest absolute Gasteiger partial charge is 0.372 e. The lowest BCUT2D eigenvalue weighted by molar-refractivity contribution is -0.388. The van der Waals surface area contributed by atoms with E-state index in [-0.39, 0.29) is 11.5 Å². The zero-order valence-electron chi connectivity index (χ0n) is 15.1. The maximum atomic E-state index is 11.1. The normalized spacial score (nSPS) is 10.9. The van der Waals surface area contributed by atoms with E-state index in [1.807, 2.05) is 6.92 Å². The fourth-order valence-corrected chi connectivity index (χ4v) is 2.40. The average molecular weight is 378 g/mol. The molecule has 0 radical (unpaired) electrons. The fraction of sp³-hybridized carbons (Fsp3) is 0.158. The minimum Gasteiger partial charge on any atom is -0.492 e. The maximum Gasteiger partial charge on any atom is 0.372 e. The van der Waals surface area contributed by atoms with E-state index in [0.717, 1.165) is 6.42 Å². The predicted octanol–water partition coefficient (Wildman–Crippen LogP) is 3.64. The number of imidazole rings is 1. The van der Waals surface area contributed by atoms with Gasteiger partial charge in [0.1, 0.15) is 17.8 Å². The number of H-pyrrole nitrogens is 1. The lowest BCUT2D eigenvalue weighted by Gasteiger charge is -2.04. The number of rotatable bonds is 8. The third-order valence-corrected chi connectivity index (χ3v) is 3.74. The molecule has 0 saturated heterocycles. The summed E-state index contributed by atoms with van der Waals surface area (Å²) in [6.45, 7) is 2.64. The van der Waals surface area contributed by atoms with Crippen LogP contribution in [0, 0.1) is 15.5 Å². The molecule has 0 atom stereocenters. The first-order valence-corrected chi connectivity index (χ1v) is 8.59. The van der Waals surface area contributed by atoms with Crippen LogP contribution in [0.2, 0.25) is 0 Å². The van der Waals surface area contributed by atoms with Gasteiger partial charge in [0.25, 0.3) is 0 Å². The molecule has 0 saturated carbocycles. The lowest BCUT2D eigenvalue weighted by Crippen LogP contribution is -2.00. The number of nitrogens with zero attached hydrogens (tertiary/aromatic N) is 4. The highest BCUT2D eigenvalue weighted by molar-refractivity contribution is 6.07. The standard InChI is InChI=1S/C19H18N6O3/c1-2-10-28-13-5-7-16(22-11-13)15(20)6-8-18-23-12-17(24-18)14-4-3-9-21-19(14)25(26)27/h3-9,11-12,20H,2,10H2,1H3,(H,23,24)/b8-6-,20-15?. The third kappa shape index (κ3) is 4.44. The summed E-state index contributed by atoms with van der Waals surface area (Å²) in [5.41, 5.74) is 1.52. The Morgan fingerprint density at radius 1 is 1.29 bits per heavy atom. The quantitative estimate of drug-likeness (QED) is 0.349. The van der Waals surface area contributed by atoms with Crippen LogP contribution in [0.5, 0.6) is 5.75 Å². The van der Waals surface area contributed by atoms with E-state index >= 15 is 0 Å². The Hall–Kier alpha value is -3.88. The van der Waals surface area contributed by atoms with Crippen molar-refractivity contribution in [2.24, 2.45) is 0 Å². The number of hydrogen-bond donors (Lipinski definition) is 2. The molecular weight excluding hydrogens is 360 g/mol. The average Bonchev–Trinajstić information content (AvgIpc) is 3.19. The molecule has 3 rings (SSSR count). The van der Waals surface area contributed by atoms with E-state index in [1.54, 1.807) is 42.6 Å². The van der Waals surface area contributed by atoms with Gasteiger partial charge in [0.05, 0.1) is 41.7 Å². The highest BCUT2D eigenvalue weighted by Gasteiger charge is 2.17. The summed E-state index contributed by atoms with van der Waals surface area (Å²) in [5, 5.41) is 19.2. The lowest BCUT2D eigenvalue weighted by atomic mass is 10.2. The predicted molar refractivity (Wildman–Crippen MR) is 104 cm³/mol. The Morgan fingerprint density at radius 2 is 2.14 bits per heavy atom. The molecule has 0 unspecified atom stereocenters. The van der Waals surface area contributed by atoms with Crippen molar-refractivity contribution in [3.05, 3.63) is 70.6 Å². The molecule has 0 bridgehead atoms. The first-order valence-electron chi connectivity index (χ1n) is 8.59. The highest BCUT2D eigenvalue weighted by Crippen LogP contribution is 2.25. The molecule has 3 aromatic heterocycles. The van der Waals surface area contributed by atoms with E-state index in [2.05, 4.69) is 19.9 Å². The molecule has 28 heavy (non-hydrogen) atoms. The van der Waals surface area contributed by atoms with Crippen LogP contribution in [0.15, 0.2) is 48.9 Å². The molecule has 0 aliphatic heterocycles. The SMILES string of the molecule is CCCOc1ccc(C(=N)/C=C\c2ncc(-c3cccnc3[N+](=O)[O-])[nH]2)nc1. The molecule has 2 N–H and O–H groups in total. The first-order chi connectivity index (χ1) is 13.6. The van der Waals surface area contributed by atoms with Crippen LogP contribution in [-0.2, 0) is 0 Å². The van der Waals surface area contributed by atoms with Gasteiger partial charge < -0.3 is 19.8 Å². The second-order valence-corrected chi connectivity index (χ2v) is 5.79. The summed E-state index contributed by atoms with van der Waals surface area (Å²) in [6, 6.07) is 6.70. The Labute approximate surface area is 160 Å². The van der Waals surface area contributed by atoms with Gasteiger partial charge in [-0.25, -0.2) is 4.98 Å². The van der Waals surface area contributed by atoms with Crippen molar-refractivity contribution in [3.8, 4) is 17.0 Å². The number of nitrogens with one attached hydrogen (secondary N) is 2. The Balaban J connectivity index is 1.72. The maximum absolute atomic E-state index is 11.1. The van der Waals surface area contributed by atoms with Crippen molar-refractivity contribution in [2.45, 2.75) is 13.3 Å². The monoisotopic (exact) mass is 378 g/mol. The molecule has 3 heterocycles. The van der Waals surface area contributed by atoms with E-state index in [0.29, 0.717) is 35.1 Å². The zero-order chi connectivity index (χ0) is 19.9. The Morgan fingerprint density at radius 3 is 2.86 bits per heavy atom. The van der Waals surface area contributed by atoms with Gasteiger partial charge in [0.15, 0.2) is 0 Å². The van der Waals surface area contributed by atoms with Gasteiger partial charge in [-0.1, -0.05) is 6.92 Å². The Kier molecular flexibility index (Phi) is 5.85. The van der Waals surface area contributed by atoms with Gasteiger partial charge in [-0.2, -0.15) is 0 Å². The van der Waals surface area contributed by atoms with Crippen LogP contribution in [0.4, 0.5) is 5.82 Å². The van der Waals surface area contributed by atoms with Crippen molar-refractivity contribution in [2.75, 3.05) is 6.61 Å². The van der Waals surface area contributed by atoms with Crippen molar-refractivity contribution in [3.63, 3.8) is 0 Å². The molecule has 0 aliphatic carbocycles. The summed E-state index contributed by atoms with van der Waals surface area (Å²) in [6.07, 6.45) is 8.51. The summed E-state index contributed by atoms with van der Waals surface area (Å²) in [5.74, 6) is 0.876. The second kappa shape index (κ2) is 8.67. The second-order valence-electron chi connectivity index (χ2n) is 5.79. The molecule has 0 amide bonds. The Bertz CT molecular complexity index is 1010. The number of aromatic amines is 1. The number of allylic oxidation sites excluding steroid dienone is 1. The number of pyridine rings is 2. The molecule has 0 fully saturated rings. The van der Waals surface area contributed by atoms with Crippen LogP contribution >= 0.6 is 0 Å². The molecule has 142 valence electrons. The fourth-order valence-electron chi connectivity index (χ4n) is 2.40. The molecule has 0 spiro atoms. The van der Waals surface area contributed by atoms with E-state index in [4.69, 9.17) is 10.1 Å². The van der Waals surface area contributed by atoms with Crippen molar-refractivity contribution < 1.29 is 9.66 Å². The minimum atomic E-state index is -0.541. The van der Waals surface area contributed by atoms with Crippen molar-refractivity contribution in [1.29, 1.82) is 5.41 Å². The van der Waals surface area contributed by atoms with Gasteiger partial charge in [0.2, 0.25) is 0 Å². The number of nitro groups is 1. The van der Waals surface area contributed by atoms with Crippen LogP contribution in [0.25, 0.3) is 17.3 Å². The number of ether oxygens (including phenoxy) is 1. The van der Waals surface area contributed by atoms with Gasteiger partial charge in [-0.3, -0.25) is 10.4 Å². The molecule has 9 nitrogen and oxygen atoms in total. The van der Waals surface area contributed by atoms with Gasteiger partial charge in [-0.15, -0.1) is 0 Å². The van der Waals surface area contributed by atoms with Gasteiger partial charge in [-0.05, 0) is 52.7 Å². The van der Waals surface area contributed by atoms with E-state index in [9.17, 15) is 10.1 Å². The van der Waals surface area contributed by atoms with Crippen molar-refractivity contribution in [1.82, 2.24) is 19.9 Å². The van der Waals surface area contributed by atoms with Crippen LogP contribution in [-0.4, -0.2) is 37.2 Å².